The van der Waals surface area contributed by atoms with Crippen molar-refractivity contribution in [2.24, 2.45) is 0 Å². The molecule has 0 aliphatic heterocycles. The van der Waals surface area contributed by atoms with E-state index in [1.165, 1.54) is 25.1 Å². The van der Waals surface area contributed by atoms with Gasteiger partial charge in [0.1, 0.15) is 11.6 Å². The number of carbonyl (C=O) groups excluding carboxylic acids is 1. The van der Waals surface area contributed by atoms with Gasteiger partial charge in [-0.1, -0.05) is 6.07 Å². The van der Waals surface area contributed by atoms with Crippen LogP contribution in [0.3, 0.4) is 0 Å². The van der Waals surface area contributed by atoms with Crippen molar-refractivity contribution in [3.63, 3.8) is 0 Å². The number of nitrogens with one attached hydrogen (secondary N) is 1. The highest BCUT2D eigenvalue weighted by Crippen LogP contribution is 2.24. The normalized spacial score (nSPS) is 10.1. The highest BCUT2D eigenvalue weighted by molar-refractivity contribution is 5.95. The van der Waals surface area contributed by atoms with Crippen molar-refractivity contribution in [2.75, 3.05) is 12.4 Å². The monoisotopic (exact) mass is 259 g/mol. The molecule has 0 radical (unpaired) electrons. The number of anilines is 2. The molecule has 2 aromatic carbocycles. The molecule has 1 N–H and O–H groups in total. The smallest absolute Gasteiger partial charge is 0.159 e. The highest BCUT2D eigenvalue weighted by atomic mass is 19.1. The first kappa shape index (κ1) is 13.1. The third kappa shape index (κ3) is 3.10. The molecule has 0 aromatic heterocycles. The molecule has 3 nitrogen and oxygen atoms in total. The Hall–Kier alpha value is -2.36. The van der Waals surface area contributed by atoms with Gasteiger partial charge in [-0.05, 0) is 37.3 Å². The van der Waals surface area contributed by atoms with Crippen LogP contribution in [0.5, 0.6) is 5.75 Å². The Morgan fingerprint density at radius 3 is 2.68 bits per heavy atom. The zero-order valence-corrected chi connectivity index (χ0v) is 10.7. The van der Waals surface area contributed by atoms with Gasteiger partial charge in [-0.3, -0.25) is 4.79 Å². The number of ketones is 1. The zero-order valence-electron chi connectivity index (χ0n) is 10.7. The maximum absolute atomic E-state index is 13.7. The van der Waals surface area contributed by atoms with E-state index in [2.05, 4.69) is 5.32 Å². The van der Waals surface area contributed by atoms with Crippen LogP contribution in [0.1, 0.15) is 17.3 Å². The van der Waals surface area contributed by atoms with Gasteiger partial charge in [0.2, 0.25) is 0 Å². The number of methoxy groups -OCH3 is 1. The number of halogens is 1. The van der Waals surface area contributed by atoms with Gasteiger partial charge in [0, 0.05) is 17.3 Å². The molecular formula is C15H14FNO2. The Morgan fingerprint density at radius 1 is 1.21 bits per heavy atom. The molecular weight excluding hydrogens is 245 g/mol. The predicted molar refractivity (Wildman–Crippen MR) is 72.7 cm³/mol. The molecule has 0 aliphatic carbocycles. The van der Waals surface area contributed by atoms with Crippen molar-refractivity contribution in [1.82, 2.24) is 0 Å². The summed E-state index contributed by atoms with van der Waals surface area (Å²) in [4.78, 5) is 11.3. The first-order valence-corrected chi connectivity index (χ1v) is 5.81. The number of hydrogen-bond donors (Lipinski definition) is 1. The lowest BCUT2D eigenvalue weighted by atomic mass is 10.1. The van der Waals surface area contributed by atoms with Gasteiger partial charge in [-0.25, -0.2) is 4.39 Å². The van der Waals surface area contributed by atoms with Gasteiger partial charge in [0.25, 0.3) is 0 Å². The Labute approximate surface area is 111 Å². The molecule has 0 unspecified atom stereocenters. The first-order valence-electron chi connectivity index (χ1n) is 5.81. The molecule has 0 heterocycles. The van der Waals surface area contributed by atoms with E-state index in [0.29, 0.717) is 17.0 Å². The van der Waals surface area contributed by atoms with E-state index in [1.54, 1.807) is 31.4 Å². The molecule has 0 fully saturated rings. The largest absolute Gasteiger partial charge is 0.497 e. The highest BCUT2D eigenvalue weighted by Gasteiger charge is 2.07. The van der Waals surface area contributed by atoms with Crippen LogP contribution in [0, 0.1) is 5.82 Å². The fraction of sp³-hybridized carbons (Fsp3) is 0.133. The zero-order chi connectivity index (χ0) is 13.8. The van der Waals surface area contributed by atoms with Crippen LogP contribution in [0.2, 0.25) is 0 Å². The maximum Gasteiger partial charge on any atom is 0.159 e. The molecule has 4 heteroatoms. The quantitative estimate of drug-likeness (QED) is 0.849. The lowest BCUT2D eigenvalue weighted by molar-refractivity contribution is 0.101. The second kappa shape index (κ2) is 5.52. The Balaban J connectivity index is 2.31. The Bertz CT molecular complexity index is 611. The molecule has 0 saturated carbocycles. The Kier molecular flexibility index (Phi) is 3.80. The van der Waals surface area contributed by atoms with Crippen LogP contribution in [0.25, 0.3) is 0 Å². The lowest BCUT2D eigenvalue weighted by Crippen LogP contribution is -1.98. The minimum atomic E-state index is -0.409. The molecule has 0 saturated heterocycles. The van der Waals surface area contributed by atoms with E-state index in [9.17, 15) is 9.18 Å². The van der Waals surface area contributed by atoms with Crippen molar-refractivity contribution in [3.05, 3.63) is 53.8 Å². The summed E-state index contributed by atoms with van der Waals surface area (Å²) in [6.07, 6.45) is 0. The fourth-order valence-corrected chi connectivity index (χ4v) is 1.70. The van der Waals surface area contributed by atoms with Gasteiger partial charge in [0.15, 0.2) is 5.78 Å². The number of Topliss-reactive ketones (excluding diaryl/α,β-unsaturated/α-hetero) is 1. The van der Waals surface area contributed by atoms with Gasteiger partial charge < -0.3 is 10.1 Å². The summed E-state index contributed by atoms with van der Waals surface area (Å²) in [6.45, 7) is 1.45. The van der Waals surface area contributed by atoms with Crippen molar-refractivity contribution in [1.29, 1.82) is 0 Å². The minimum absolute atomic E-state index is 0.103. The van der Waals surface area contributed by atoms with Crippen molar-refractivity contribution in [2.45, 2.75) is 6.92 Å². The summed E-state index contributed by atoms with van der Waals surface area (Å²) in [7, 11) is 1.57. The van der Waals surface area contributed by atoms with Crippen molar-refractivity contribution in [3.8, 4) is 5.75 Å². The van der Waals surface area contributed by atoms with Gasteiger partial charge >= 0.3 is 0 Å². The number of hydrogen-bond acceptors (Lipinski definition) is 3. The van der Waals surface area contributed by atoms with Gasteiger partial charge in [0.05, 0.1) is 12.8 Å². The molecule has 0 aliphatic rings. The SMILES string of the molecule is COc1cccc(Nc2cc(C(C)=O)ccc2F)c1. The van der Waals surface area contributed by atoms with Crippen LogP contribution in [-0.2, 0) is 0 Å². The third-order valence-corrected chi connectivity index (χ3v) is 2.72. The average Bonchev–Trinajstić information content (AvgIpc) is 2.41. The van der Waals surface area contributed by atoms with Crippen molar-refractivity contribution < 1.29 is 13.9 Å². The number of benzene rings is 2. The molecule has 0 amide bonds. The van der Waals surface area contributed by atoms with Crippen LogP contribution in [0.15, 0.2) is 42.5 Å². The summed E-state index contributed by atoms with van der Waals surface area (Å²) < 4.78 is 18.8. The summed E-state index contributed by atoms with van der Waals surface area (Å²) in [5, 5.41) is 2.93. The van der Waals surface area contributed by atoms with Crippen molar-refractivity contribution >= 4 is 17.2 Å². The first-order chi connectivity index (χ1) is 9.10. The molecule has 2 aromatic rings. The molecule has 19 heavy (non-hydrogen) atoms. The van der Waals surface area contributed by atoms with Crippen LogP contribution >= 0.6 is 0 Å². The summed E-state index contributed by atoms with van der Waals surface area (Å²) in [5.41, 5.74) is 1.42. The topological polar surface area (TPSA) is 38.3 Å². The number of carbonyl (C=O) groups is 1. The number of ether oxygens (including phenoxy) is 1. The lowest BCUT2D eigenvalue weighted by Gasteiger charge is -2.10. The minimum Gasteiger partial charge on any atom is -0.497 e. The second-order valence-corrected chi connectivity index (χ2v) is 4.11. The predicted octanol–water partition coefficient (Wildman–Crippen LogP) is 3.78. The standard InChI is InChI=1S/C15H14FNO2/c1-10(18)11-6-7-14(16)15(8-11)17-12-4-3-5-13(9-12)19-2/h3-9,17H,1-2H3. The molecule has 2 rings (SSSR count). The van der Waals surface area contributed by atoms with Gasteiger partial charge in [-0.2, -0.15) is 0 Å². The van der Waals surface area contributed by atoms with Crippen LogP contribution in [-0.4, -0.2) is 12.9 Å². The van der Waals surface area contributed by atoms with Crippen LogP contribution in [0.4, 0.5) is 15.8 Å². The maximum atomic E-state index is 13.7. The van der Waals surface area contributed by atoms with E-state index in [-0.39, 0.29) is 11.5 Å². The van der Waals surface area contributed by atoms with E-state index in [0.717, 1.165) is 0 Å². The van der Waals surface area contributed by atoms with E-state index in [1.807, 2.05) is 0 Å². The summed E-state index contributed by atoms with van der Waals surface area (Å²) in [6, 6.07) is 11.4. The summed E-state index contributed by atoms with van der Waals surface area (Å²) in [5.74, 6) is 0.162. The average molecular weight is 259 g/mol. The van der Waals surface area contributed by atoms with E-state index < -0.39 is 5.82 Å². The molecule has 0 spiro atoms. The van der Waals surface area contributed by atoms with Gasteiger partial charge in [-0.15, -0.1) is 0 Å². The Morgan fingerprint density at radius 2 is 2.00 bits per heavy atom. The summed E-state index contributed by atoms with van der Waals surface area (Å²) >= 11 is 0. The third-order valence-electron chi connectivity index (χ3n) is 2.72. The van der Waals surface area contributed by atoms with Crippen LogP contribution < -0.4 is 10.1 Å². The molecule has 0 atom stereocenters. The van der Waals surface area contributed by atoms with E-state index in [4.69, 9.17) is 4.74 Å². The fourth-order valence-electron chi connectivity index (χ4n) is 1.70. The molecule has 0 bridgehead atoms. The number of rotatable bonds is 4. The van der Waals surface area contributed by atoms with E-state index >= 15 is 0 Å². The molecule has 98 valence electrons. The second-order valence-electron chi connectivity index (χ2n) is 4.11.